The molecule has 3 aromatic rings. The van der Waals surface area contributed by atoms with Crippen LogP contribution in [0, 0.1) is 0 Å². The van der Waals surface area contributed by atoms with Gasteiger partial charge in [-0.25, -0.2) is 0 Å². The standard InChI is InChI=1S/C28H31BrN2O2/c1-2-3-20-33-26-15-14-24(21-25(26)29)28(32)31-18-16-30(17-19-31)27(22-10-6-4-7-11-22)23-12-8-5-9-13-23/h4-15,21,27H,2-3,16-20H2,1H3. The first-order valence-electron chi connectivity index (χ1n) is 11.7. The Hall–Kier alpha value is -2.63. The second kappa shape index (κ2) is 11.5. The highest BCUT2D eigenvalue weighted by Gasteiger charge is 2.28. The molecule has 4 nitrogen and oxygen atoms in total. The van der Waals surface area contributed by atoms with Crippen LogP contribution in [0.25, 0.3) is 0 Å². The van der Waals surface area contributed by atoms with Gasteiger partial charge in [-0.15, -0.1) is 0 Å². The van der Waals surface area contributed by atoms with Crippen molar-refractivity contribution in [1.82, 2.24) is 9.80 Å². The number of benzene rings is 3. The molecule has 172 valence electrons. The summed E-state index contributed by atoms with van der Waals surface area (Å²) in [5.74, 6) is 0.866. The minimum absolute atomic E-state index is 0.0754. The van der Waals surface area contributed by atoms with Crippen LogP contribution in [-0.2, 0) is 0 Å². The van der Waals surface area contributed by atoms with Gasteiger partial charge in [-0.3, -0.25) is 9.69 Å². The average Bonchev–Trinajstić information content (AvgIpc) is 2.87. The molecule has 1 amide bonds. The molecule has 5 heteroatoms. The minimum atomic E-state index is 0.0754. The zero-order valence-electron chi connectivity index (χ0n) is 19.1. The van der Waals surface area contributed by atoms with E-state index >= 15 is 0 Å². The molecule has 0 aliphatic carbocycles. The van der Waals surface area contributed by atoms with Gasteiger partial charge in [0.15, 0.2) is 0 Å². The maximum absolute atomic E-state index is 13.2. The molecular formula is C28H31BrN2O2. The van der Waals surface area contributed by atoms with Crippen molar-refractivity contribution < 1.29 is 9.53 Å². The molecule has 0 spiro atoms. The zero-order chi connectivity index (χ0) is 23.0. The lowest BCUT2D eigenvalue weighted by Gasteiger charge is -2.39. The molecule has 33 heavy (non-hydrogen) atoms. The highest BCUT2D eigenvalue weighted by Crippen LogP contribution is 2.30. The molecule has 0 aromatic heterocycles. The van der Waals surface area contributed by atoms with Gasteiger partial charge in [0.05, 0.1) is 17.1 Å². The number of hydrogen-bond donors (Lipinski definition) is 0. The number of amides is 1. The van der Waals surface area contributed by atoms with E-state index in [1.807, 2.05) is 23.1 Å². The highest BCUT2D eigenvalue weighted by molar-refractivity contribution is 9.10. The molecule has 1 saturated heterocycles. The van der Waals surface area contributed by atoms with E-state index in [1.54, 1.807) is 0 Å². The predicted octanol–water partition coefficient (Wildman–Crippen LogP) is 6.18. The number of carbonyl (C=O) groups excluding carboxylic acids is 1. The molecule has 1 fully saturated rings. The Morgan fingerprint density at radius 2 is 1.52 bits per heavy atom. The molecular weight excluding hydrogens is 476 g/mol. The third-order valence-corrected chi connectivity index (χ3v) is 6.75. The Bertz CT molecular complexity index is 995. The number of unbranched alkanes of at least 4 members (excludes halogenated alkanes) is 1. The van der Waals surface area contributed by atoms with Gasteiger partial charge >= 0.3 is 0 Å². The van der Waals surface area contributed by atoms with E-state index in [-0.39, 0.29) is 11.9 Å². The van der Waals surface area contributed by atoms with Gasteiger partial charge in [0.25, 0.3) is 5.91 Å². The largest absolute Gasteiger partial charge is 0.492 e. The lowest BCUT2D eigenvalue weighted by Crippen LogP contribution is -2.49. The first-order chi connectivity index (χ1) is 16.2. The molecule has 1 aliphatic heterocycles. The van der Waals surface area contributed by atoms with E-state index in [0.717, 1.165) is 36.2 Å². The van der Waals surface area contributed by atoms with Gasteiger partial charge < -0.3 is 9.64 Å². The Balaban J connectivity index is 1.43. The molecule has 0 unspecified atom stereocenters. The molecule has 1 aliphatic rings. The number of rotatable bonds is 8. The molecule has 4 rings (SSSR count). The van der Waals surface area contributed by atoms with Gasteiger partial charge in [0.1, 0.15) is 5.75 Å². The third-order valence-electron chi connectivity index (χ3n) is 6.13. The van der Waals surface area contributed by atoms with Crippen molar-refractivity contribution in [1.29, 1.82) is 0 Å². The van der Waals surface area contributed by atoms with E-state index in [2.05, 4.69) is 88.4 Å². The number of hydrogen-bond acceptors (Lipinski definition) is 3. The van der Waals surface area contributed by atoms with Crippen molar-refractivity contribution in [3.8, 4) is 5.75 Å². The first kappa shape index (κ1) is 23.5. The van der Waals surface area contributed by atoms with Crippen LogP contribution < -0.4 is 4.74 Å². The highest BCUT2D eigenvalue weighted by atomic mass is 79.9. The number of carbonyl (C=O) groups is 1. The lowest BCUT2D eigenvalue weighted by molar-refractivity contribution is 0.0597. The summed E-state index contributed by atoms with van der Waals surface area (Å²) in [6, 6.07) is 27.1. The molecule has 0 atom stereocenters. The van der Waals surface area contributed by atoms with Crippen LogP contribution in [0.3, 0.4) is 0 Å². The summed E-state index contributed by atoms with van der Waals surface area (Å²) >= 11 is 3.57. The van der Waals surface area contributed by atoms with Crippen molar-refractivity contribution in [2.24, 2.45) is 0 Å². The van der Waals surface area contributed by atoms with Crippen molar-refractivity contribution >= 4 is 21.8 Å². The van der Waals surface area contributed by atoms with E-state index in [9.17, 15) is 4.79 Å². The maximum atomic E-state index is 13.2. The summed E-state index contributed by atoms with van der Waals surface area (Å²) in [5.41, 5.74) is 3.26. The van der Waals surface area contributed by atoms with Crippen LogP contribution in [0.5, 0.6) is 5.75 Å². The van der Waals surface area contributed by atoms with Crippen LogP contribution in [0.2, 0.25) is 0 Å². The third kappa shape index (κ3) is 5.84. The van der Waals surface area contributed by atoms with E-state index in [1.165, 1.54) is 11.1 Å². The Labute approximate surface area is 205 Å². The Kier molecular flexibility index (Phi) is 8.19. The lowest BCUT2D eigenvalue weighted by atomic mass is 9.96. The second-order valence-corrected chi connectivity index (χ2v) is 9.25. The SMILES string of the molecule is CCCCOc1ccc(C(=O)N2CCN(C(c3ccccc3)c3ccccc3)CC2)cc1Br. The van der Waals surface area contributed by atoms with Crippen LogP contribution in [0.4, 0.5) is 0 Å². The summed E-state index contributed by atoms with van der Waals surface area (Å²) in [6.07, 6.45) is 2.11. The fourth-order valence-corrected chi connectivity index (χ4v) is 4.82. The van der Waals surface area contributed by atoms with Crippen LogP contribution in [0.15, 0.2) is 83.3 Å². The summed E-state index contributed by atoms with van der Waals surface area (Å²) in [6.45, 7) is 5.91. The number of piperazine rings is 1. The van der Waals surface area contributed by atoms with E-state index < -0.39 is 0 Å². The van der Waals surface area contributed by atoms with Crippen LogP contribution in [0.1, 0.15) is 47.3 Å². The molecule has 0 saturated carbocycles. The van der Waals surface area contributed by atoms with Crippen LogP contribution in [-0.4, -0.2) is 48.5 Å². The topological polar surface area (TPSA) is 32.8 Å². The number of ether oxygens (including phenoxy) is 1. The van der Waals surface area contributed by atoms with Gasteiger partial charge in [0, 0.05) is 31.7 Å². The first-order valence-corrected chi connectivity index (χ1v) is 12.5. The quantitative estimate of drug-likeness (QED) is 0.342. The molecule has 0 radical (unpaired) electrons. The minimum Gasteiger partial charge on any atom is -0.492 e. The van der Waals surface area contributed by atoms with E-state index in [4.69, 9.17) is 4.74 Å². The predicted molar refractivity (Wildman–Crippen MR) is 137 cm³/mol. The Morgan fingerprint density at radius 1 is 0.909 bits per heavy atom. The monoisotopic (exact) mass is 506 g/mol. The fraction of sp³-hybridized carbons (Fsp3) is 0.321. The molecule has 0 N–H and O–H groups in total. The number of halogens is 1. The maximum Gasteiger partial charge on any atom is 0.253 e. The molecule has 3 aromatic carbocycles. The molecule has 1 heterocycles. The van der Waals surface area contributed by atoms with Crippen molar-refractivity contribution in [3.63, 3.8) is 0 Å². The van der Waals surface area contributed by atoms with Crippen molar-refractivity contribution in [3.05, 3.63) is 100 Å². The summed E-state index contributed by atoms with van der Waals surface area (Å²) in [4.78, 5) is 17.6. The average molecular weight is 507 g/mol. The summed E-state index contributed by atoms with van der Waals surface area (Å²) in [5, 5.41) is 0. The zero-order valence-corrected chi connectivity index (χ0v) is 20.7. The van der Waals surface area contributed by atoms with Gasteiger partial charge in [-0.05, 0) is 51.7 Å². The fourth-order valence-electron chi connectivity index (χ4n) is 4.33. The van der Waals surface area contributed by atoms with Gasteiger partial charge in [0.2, 0.25) is 0 Å². The number of nitrogens with zero attached hydrogens (tertiary/aromatic N) is 2. The summed E-state index contributed by atoms with van der Waals surface area (Å²) < 4.78 is 6.63. The summed E-state index contributed by atoms with van der Waals surface area (Å²) in [7, 11) is 0. The van der Waals surface area contributed by atoms with Gasteiger partial charge in [-0.2, -0.15) is 0 Å². The van der Waals surface area contributed by atoms with E-state index in [0.29, 0.717) is 25.3 Å². The van der Waals surface area contributed by atoms with Crippen molar-refractivity contribution in [2.75, 3.05) is 32.8 Å². The smallest absolute Gasteiger partial charge is 0.253 e. The second-order valence-electron chi connectivity index (χ2n) is 8.40. The molecule has 0 bridgehead atoms. The Morgan fingerprint density at radius 3 is 2.06 bits per heavy atom. The normalized spacial score (nSPS) is 14.5. The van der Waals surface area contributed by atoms with Crippen molar-refractivity contribution in [2.45, 2.75) is 25.8 Å². The van der Waals surface area contributed by atoms with Gasteiger partial charge in [-0.1, -0.05) is 74.0 Å². The van der Waals surface area contributed by atoms with Crippen LogP contribution >= 0.6 is 15.9 Å².